The molecule has 0 aliphatic rings. The van der Waals surface area contributed by atoms with Gasteiger partial charge in [0.15, 0.2) is 23.0 Å². The molecule has 0 bridgehead atoms. The van der Waals surface area contributed by atoms with Crippen molar-refractivity contribution >= 4 is 11.6 Å². The van der Waals surface area contributed by atoms with E-state index in [2.05, 4.69) is 18.3 Å². The first-order chi connectivity index (χ1) is 15.1. The lowest BCUT2D eigenvalue weighted by Crippen LogP contribution is -2.13. The third kappa shape index (κ3) is 8.15. The zero-order valence-electron chi connectivity index (χ0n) is 19.3. The first-order valence-electron chi connectivity index (χ1n) is 11.0. The van der Waals surface area contributed by atoms with Crippen molar-refractivity contribution in [2.75, 3.05) is 27.9 Å². The van der Waals surface area contributed by atoms with Crippen LogP contribution in [0.25, 0.3) is 0 Å². The third-order valence-electron chi connectivity index (χ3n) is 5.18. The van der Waals surface area contributed by atoms with Crippen LogP contribution in [0.3, 0.4) is 0 Å². The second-order valence-corrected chi connectivity index (χ2v) is 7.91. The molecule has 0 fully saturated rings. The van der Waals surface area contributed by atoms with Crippen molar-refractivity contribution in [3.63, 3.8) is 0 Å². The Bertz CT molecular complexity index is 797. The van der Waals surface area contributed by atoms with Gasteiger partial charge in [-0.3, -0.25) is 0 Å². The van der Waals surface area contributed by atoms with E-state index in [4.69, 9.17) is 30.5 Å². The maximum Gasteiger partial charge on any atom is 0.162 e. The summed E-state index contributed by atoms with van der Waals surface area (Å²) in [6.45, 7) is 4.24. The largest absolute Gasteiger partial charge is 0.493 e. The van der Waals surface area contributed by atoms with Crippen LogP contribution in [0.1, 0.15) is 56.6 Å². The fourth-order valence-electron chi connectivity index (χ4n) is 3.38. The molecule has 0 spiro atoms. The Morgan fingerprint density at radius 1 is 0.742 bits per heavy atom. The van der Waals surface area contributed by atoms with Crippen molar-refractivity contribution in [3.05, 3.63) is 46.5 Å². The van der Waals surface area contributed by atoms with E-state index in [1.54, 1.807) is 27.4 Å². The van der Waals surface area contributed by atoms with Crippen molar-refractivity contribution in [3.8, 4) is 23.0 Å². The van der Waals surface area contributed by atoms with Crippen molar-refractivity contribution in [1.29, 1.82) is 0 Å². The van der Waals surface area contributed by atoms with E-state index >= 15 is 0 Å². The highest BCUT2D eigenvalue weighted by Gasteiger charge is 2.10. The van der Waals surface area contributed by atoms with Crippen LogP contribution in [0.15, 0.2) is 30.3 Å². The van der Waals surface area contributed by atoms with Gasteiger partial charge in [-0.25, -0.2) is 0 Å². The molecule has 2 rings (SSSR count). The van der Waals surface area contributed by atoms with Crippen LogP contribution >= 0.6 is 11.6 Å². The highest BCUT2D eigenvalue weighted by Crippen LogP contribution is 2.33. The second kappa shape index (κ2) is 14.0. The van der Waals surface area contributed by atoms with Crippen LogP contribution in [-0.2, 0) is 13.1 Å². The summed E-state index contributed by atoms with van der Waals surface area (Å²) >= 11 is 6.37. The molecule has 0 unspecified atom stereocenters. The van der Waals surface area contributed by atoms with Gasteiger partial charge >= 0.3 is 0 Å². The highest BCUT2D eigenvalue weighted by molar-refractivity contribution is 6.31. The predicted octanol–water partition coefficient (Wildman–Crippen LogP) is 6.39. The molecular formula is C25H36ClNO4. The van der Waals surface area contributed by atoms with E-state index in [1.807, 2.05) is 18.2 Å². The summed E-state index contributed by atoms with van der Waals surface area (Å²) in [6, 6.07) is 9.72. The molecule has 0 aliphatic carbocycles. The van der Waals surface area contributed by atoms with E-state index < -0.39 is 0 Å². The standard InChI is InChI=1S/C25H36ClNO4/c1-5-6-7-8-9-10-13-31-22-12-11-19(14-23(22)28-2)17-27-18-20-15-24(29-3)25(30-4)16-21(20)26/h11-12,14-16,27H,5-10,13,17-18H2,1-4H3. The molecular weight excluding hydrogens is 414 g/mol. The maximum absolute atomic E-state index is 6.37. The van der Waals surface area contributed by atoms with Gasteiger partial charge in [0.05, 0.1) is 27.9 Å². The third-order valence-corrected chi connectivity index (χ3v) is 5.53. The van der Waals surface area contributed by atoms with Crippen LogP contribution in [0.4, 0.5) is 0 Å². The number of benzene rings is 2. The van der Waals surface area contributed by atoms with Crippen molar-refractivity contribution in [1.82, 2.24) is 5.32 Å². The van der Waals surface area contributed by atoms with Crippen molar-refractivity contribution in [2.24, 2.45) is 0 Å². The summed E-state index contributed by atoms with van der Waals surface area (Å²) in [4.78, 5) is 0. The Balaban J connectivity index is 1.85. The van der Waals surface area contributed by atoms with Gasteiger partial charge in [-0.1, -0.05) is 56.7 Å². The lowest BCUT2D eigenvalue weighted by atomic mass is 10.1. The molecule has 31 heavy (non-hydrogen) atoms. The Kier molecular flexibility index (Phi) is 11.4. The van der Waals surface area contributed by atoms with E-state index in [0.29, 0.717) is 29.6 Å². The number of methoxy groups -OCH3 is 3. The lowest BCUT2D eigenvalue weighted by Gasteiger charge is -2.14. The van der Waals surface area contributed by atoms with Gasteiger partial charge in [0.2, 0.25) is 0 Å². The zero-order valence-corrected chi connectivity index (χ0v) is 20.0. The molecule has 0 aromatic heterocycles. The second-order valence-electron chi connectivity index (χ2n) is 7.50. The average molecular weight is 450 g/mol. The summed E-state index contributed by atoms with van der Waals surface area (Å²) < 4.78 is 22.1. The average Bonchev–Trinajstić information content (AvgIpc) is 2.79. The molecule has 0 aliphatic heterocycles. The van der Waals surface area contributed by atoms with Crippen LogP contribution < -0.4 is 24.3 Å². The molecule has 172 valence electrons. The number of nitrogens with one attached hydrogen (secondary N) is 1. The SMILES string of the molecule is CCCCCCCCOc1ccc(CNCc2cc(OC)c(OC)cc2Cl)cc1OC. The van der Waals surface area contributed by atoms with E-state index in [1.165, 1.54) is 32.1 Å². The first-order valence-corrected chi connectivity index (χ1v) is 11.4. The lowest BCUT2D eigenvalue weighted by molar-refractivity contribution is 0.284. The number of hydrogen-bond donors (Lipinski definition) is 1. The fourth-order valence-corrected chi connectivity index (χ4v) is 3.60. The van der Waals surface area contributed by atoms with Gasteiger partial charge in [0.1, 0.15) is 0 Å². The minimum Gasteiger partial charge on any atom is -0.493 e. The minimum absolute atomic E-state index is 0.609. The summed E-state index contributed by atoms with van der Waals surface area (Å²) in [5.41, 5.74) is 2.06. The number of hydrogen-bond acceptors (Lipinski definition) is 5. The van der Waals surface area contributed by atoms with Crippen LogP contribution in [0.2, 0.25) is 5.02 Å². The van der Waals surface area contributed by atoms with E-state index in [0.717, 1.165) is 35.7 Å². The quantitative estimate of drug-likeness (QED) is 0.319. The Labute approximate surface area is 192 Å². The number of ether oxygens (including phenoxy) is 4. The smallest absolute Gasteiger partial charge is 0.162 e. The molecule has 0 radical (unpaired) electrons. The fraction of sp³-hybridized carbons (Fsp3) is 0.520. The molecule has 0 amide bonds. The Morgan fingerprint density at radius 3 is 2.10 bits per heavy atom. The van der Waals surface area contributed by atoms with Crippen LogP contribution in [0.5, 0.6) is 23.0 Å². The van der Waals surface area contributed by atoms with Crippen LogP contribution in [0, 0.1) is 0 Å². The summed E-state index contributed by atoms with van der Waals surface area (Å²) in [6.07, 6.45) is 7.48. The number of unbranched alkanes of at least 4 members (excludes halogenated alkanes) is 5. The van der Waals surface area contributed by atoms with E-state index in [9.17, 15) is 0 Å². The minimum atomic E-state index is 0.609. The molecule has 0 atom stereocenters. The molecule has 6 heteroatoms. The monoisotopic (exact) mass is 449 g/mol. The van der Waals surface area contributed by atoms with Crippen LogP contribution in [-0.4, -0.2) is 27.9 Å². The zero-order chi connectivity index (χ0) is 22.5. The van der Waals surface area contributed by atoms with Gasteiger partial charge in [-0.15, -0.1) is 0 Å². The van der Waals surface area contributed by atoms with Gasteiger partial charge < -0.3 is 24.3 Å². The highest BCUT2D eigenvalue weighted by atomic mass is 35.5. The number of halogens is 1. The summed E-state index contributed by atoms with van der Waals surface area (Å²) in [7, 11) is 4.89. The first kappa shape index (κ1) is 25.2. The van der Waals surface area contributed by atoms with Gasteiger partial charge in [0, 0.05) is 24.2 Å². The Hall–Kier alpha value is -2.11. The normalized spacial score (nSPS) is 10.7. The molecule has 0 heterocycles. The van der Waals surface area contributed by atoms with Gasteiger partial charge in [-0.2, -0.15) is 0 Å². The predicted molar refractivity (Wildman–Crippen MR) is 127 cm³/mol. The topological polar surface area (TPSA) is 49.0 Å². The summed E-state index contributed by atoms with van der Waals surface area (Å²) in [5.74, 6) is 2.84. The molecule has 0 saturated heterocycles. The molecule has 2 aromatic carbocycles. The van der Waals surface area contributed by atoms with Gasteiger partial charge in [0.25, 0.3) is 0 Å². The van der Waals surface area contributed by atoms with Crippen molar-refractivity contribution in [2.45, 2.75) is 58.5 Å². The summed E-state index contributed by atoms with van der Waals surface area (Å²) in [5, 5.41) is 4.06. The molecule has 0 saturated carbocycles. The van der Waals surface area contributed by atoms with Crippen molar-refractivity contribution < 1.29 is 18.9 Å². The molecule has 5 nitrogen and oxygen atoms in total. The molecule has 1 N–H and O–H groups in total. The van der Waals surface area contributed by atoms with Gasteiger partial charge in [-0.05, 0) is 35.7 Å². The maximum atomic E-state index is 6.37. The van der Waals surface area contributed by atoms with E-state index in [-0.39, 0.29) is 0 Å². The Morgan fingerprint density at radius 2 is 1.39 bits per heavy atom. The molecule has 2 aromatic rings. The number of rotatable bonds is 15.